The number of hydrogen-bond donors (Lipinski definition) is 0. The molecule has 1 heterocycles. The van der Waals surface area contributed by atoms with Crippen LogP contribution < -0.4 is 0 Å². The van der Waals surface area contributed by atoms with Gasteiger partial charge in [0.05, 0.1) is 5.41 Å². The Morgan fingerprint density at radius 3 is 1.79 bits per heavy atom. The molecular weight excluding hydrogens is 612 g/mol. The Bertz CT molecular complexity index is 1860. The Morgan fingerprint density at radius 2 is 1.08 bits per heavy atom. The van der Waals surface area contributed by atoms with Gasteiger partial charge in [-0.25, -0.2) is 0 Å². The Morgan fingerprint density at radius 1 is 0.474 bits per heavy atom. The second kappa shape index (κ2) is 8.44. The molecule has 0 atom stereocenters. The fourth-order valence-corrected chi connectivity index (χ4v) is 8.62. The van der Waals surface area contributed by atoms with Crippen molar-refractivity contribution >= 4 is 54.4 Å². The maximum atomic E-state index is 3.87. The highest BCUT2D eigenvalue weighted by Gasteiger charge is 2.48. The highest BCUT2D eigenvalue weighted by molar-refractivity contribution is 9.10. The summed E-state index contributed by atoms with van der Waals surface area (Å²) in [7, 11) is 0. The lowest BCUT2D eigenvalue weighted by Crippen LogP contribution is -2.34. The summed E-state index contributed by atoms with van der Waals surface area (Å²) in [5.74, 6) is 0. The second-order valence-corrected chi connectivity index (χ2v) is 12.8. The molecule has 1 aliphatic carbocycles. The normalized spacial score (nSPS) is 14.2. The van der Waals surface area contributed by atoms with E-state index in [1.807, 2.05) is 11.8 Å². The van der Waals surface area contributed by atoms with Crippen LogP contribution in [0.2, 0.25) is 0 Å². The molecule has 0 radical (unpaired) electrons. The van der Waals surface area contributed by atoms with E-state index in [9.17, 15) is 0 Å². The molecule has 38 heavy (non-hydrogen) atoms. The highest BCUT2D eigenvalue weighted by Crippen LogP contribution is 2.62. The molecule has 0 nitrogen and oxygen atoms in total. The minimum Gasteiger partial charge on any atom is -0.0888 e. The molecule has 0 fully saturated rings. The zero-order valence-corrected chi connectivity index (χ0v) is 24.2. The van der Waals surface area contributed by atoms with Gasteiger partial charge in [0.15, 0.2) is 0 Å². The predicted molar refractivity (Wildman–Crippen MR) is 166 cm³/mol. The average Bonchev–Trinajstić information content (AvgIpc) is 3.05. The zero-order valence-electron chi connectivity index (χ0n) is 20.2. The van der Waals surface area contributed by atoms with E-state index in [0.717, 1.165) is 8.95 Å². The zero-order chi connectivity index (χ0) is 25.4. The predicted octanol–water partition coefficient (Wildman–Crippen LogP) is 10.9. The van der Waals surface area contributed by atoms with Gasteiger partial charge in [-0.3, -0.25) is 0 Å². The van der Waals surface area contributed by atoms with Gasteiger partial charge in [0.1, 0.15) is 0 Å². The molecule has 0 bridgehead atoms. The second-order valence-electron chi connectivity index (χ2n) is 9.94. The van der Waals surface area contributed by atoms with Gasteiger partial charge in [0, 0.05) is 18.7 Å². The van der Waals surface area contributed by atoms with Gasteiger partial charge < -0.3 is 0 Å². The standard InChI is InChI=1S/C35H20Br2S/c36-22-14-16-27-25-9-3-4-10-26(25)28-17-15-23(37)20-32(28)35(31(27)19-22)29-11-5-6-12-33(29)38-34-24-8-2-1-7-21(24)13-18-30(34)35/h1-20H. The first-order valence-corrected chi connectivity index (χ1v) is 15.1. The lowest BCUT2D eigenvalue weighted by Gasteiger charge is -2.43. The first-order chi connectivity index (χ1) is 18.7. The fraction of sp³-hybridized carbons (Fsp3) is 0.0286. The Kier molecular flexibility index (Phi) is 5.07. The quantitative estimate of drug-likeness (QED) is 0.160. The summed E-state index contributed by atoms with van der Waals surface area (Å²) in [6.07, 6.45) is 0. The van der Waals surface area contributed by atoms with Gasteiger partial charge in [-0.2, -0.15) is 0 Å². The molecule has 180 valence electrons. The summed E-state index contributed by atoms with van der Waals surface area (Å²) in [5, 5.41) is 2.58. The maximum Gasteiger partial charge on any atom is 0.0736 e. The summed E-state index contributed by atoms with van der Waals surface area (Å²) >= 11 is 9.64. The molecule has 1 spiro atoms. The third kappa shape index (κ3) is 3.04. The third-order valence-electron chi connectivity index (χ3n) is 8.07. The van der Waals surface area contributed by atoms with Gasteiger partial charge in [-0.1, -0.05) is 135 Å². The summed E-state index contributed by atoms with van der Waals surface area (Å²) in [4.78, 5) is 2.64. The molecule has 0 unspecified atom stereocenters. The topological polar surface area (TPSA) is 0 Å². The number of fused-ring (bicyclic) bond motifs is 13. The smallest absolute Gasteiger partial charge is 0.0736 e. The van der Waals surface area contributed by atoms with Gasteiger partial charge in [-0.15, -0.1) is 0 Å². The Labute approximate surface area is 243 Å². The first-order valence-electron chi connectivity index (χ1n) is 12.7. The molecule has 3 heteroatoms. The minimum absolute atomic E-state index is 0.502. The van der Waals surface area contributed by atoms with Crippen LogP contribution in [-0.2, 0) is 5.41 Å². The van der Waals surface area contributed by atoms with E-state index in [2.05, 4.69) is 153 Å². The molecule has 1 aliphatic heterocycles. The van der Waals surface area contributed by atoms with Crippen LogP contribution in [0.5, 0.6) is 0 Å². The van der Waals surface area contributed by atoms with Crippen LogP contribution in [0.3, 0.4) is 0 Å². The molecule has 0 amide bonds. The number of rotatable bonds is 0. The largest absolute Gasteiger partial charge is 0.0888 e. The maximum absolute atomic E-state index is 3.87. The van der Waals surface area contributed by atoms with E-state index in [0.29, 0.717) is 0 Å². The highest BCUT2D eigenvalue weighted by atomic mass is 79.9. The summed E-state index contributed by atoms with van der Waals surface area (Å²) in [5.41, 5.74) is 9.88. The van der Waals surface area contributed by atoms with Crippen molar-refractivity contribution in [2.45, 2.75) is 15.2 Å². The molecule has 0 aromatic heterocycles. The summed E-state index contributed by atoms with van der Waals surface area (Å²) in [6.45, 7) is 0. The Hall–Kier alpha value is -3.11. The van der Waals surface area contributed by atoms with Crippen LogP contribution in [0.4, 0.5) is 0 Å². The van der Waals surface area contributed by atoms with Crippen LogP contribution in [0.15, 0.2) is 140 Å². The van der Waals surface area contributed by atoms with Crippen LogP contribution >= 0.6 is 43.6 Å². The molecule has 0 N–H and O–H groups in total. The van der Waals surface area contributed by atoms with E-state index >= 15 is 0 Å². The Balaban J connectivity index is 1.67. The van der Waals surface area contributed by atoms with Crippen LogP contribution in [0, 0.1) is 0 Å². The van der Waals surface area contributed by atoms with E-state index in [-0.39, 0.29) is 0 Å². The number of halogens is 2. The van der Waals surface area contributed by atoms with Crippen molar-refractivity contribution in [1.29, 1.82) is 0 Å². The monoisotopic (exact) mass is 630 g/mol. The average molecular weight is 632 g/mol. The van der Waals surface area contributed by atoms with Crippen LogP contribution in [0.25, 0.3) is 33.0 Å². The molecule has 8 rings (SSSR count). The lowest BCUT2D eigenvalue weighted by molar-refractivity contribution is 0.710. The number of hydrogen-bond acceptors (Lipinski definition) is 1. The van der Waals surface area contributed by atoms with Gasteiger partial charge in [0.25, 0.3) is 0 Å². The minimum atomic E-state index is -0.502. The SMILES string of the molecule is Brc1ccc2c(c1)C1(c3ccccc3Sc3c1ccc1ccccc31)c1cc(Br)ccc1-c1ccccc1-2. The van der Waals surface area contributed by atoms with Crippen molar-refractivity contribution in [1.82, 2.24) is 0 Å². The summed E-state index contributed by atoms with van der Waals surface area (Å²) < 4.78 is 2.18. The van der Waals surface area contributed by atoms with Crippen LogP contribution in [-0.4, -0.2) is 0 Å². The molecule has 6 aromatic carbocycles. The van der Waals surface area contributed by atoms with Gasteiger partial charge >= 0.3 is 0 Å². The first kappa shape index (κ1) is 22.8. The van der Waals surface area contributed by atoms with Crippen molar-refractivity contribution < 1.29 is 0 Å². The van der Waals surface area contributed by atoms with E-state index in [1.165, 1.54) is 65.1 Å². The van der Waals surface area contributed by atoms with Crippen molar-refractivity contribution in [2.75, 3.05) is 0 Å². The summed E-state index contributed by atoms with van der Waals surface area (Å²) in [6, 6.07) is 45.0. The van der Waals surface area contributed by atoms with E-state index in [1.54, 1.807) is 0 Å². The van der Waals surface area contributed by atoms with Crippen molar-refractivity contribution in [3.63, 3.8) is 0 Å². The molecule has 0 saturated carbocycles. The van der Waals surface area contributed by atoms with Gasteiger partial charge in [0.2, 0.25) is 0 Å². The third-order valence-corrected chi connectivity index (χ3v) is 10.3. The molecule has 0 saturated heterocycles. The molecular formula is C35H20Br2S. The van der Waals surface area contributed by atoms with Crippen molar-refractivity contribution in [2.24, 2.45) is 0 Å². The van der Waals surface area contributed by atoms with Crippen molar-refractivity contribution in [3.05, 3.63) is 153 Å². The lowest BCUT2D eigenvalue weighted by atomic mass is 9.63. The van der Waals surface area contributed by atoms with Crippen LogP contribution in [0.1, 0.15) is 22.3 Å². The van der Waals surface area contributed by atoms with Gasteiger partial charge in [-0.05, 0) is 85.6 Å². The molecule has 2 aliphatic rings. The van der Waals surface area contributed by atoms with Crippen molar-refractivity contribution in [3.8, 4) is 22.3 Å². The molecule has 6 aromatic rings. The van der Waals surface area contributed by atoms with E-state index in [4.69, 9.17) is 0 Å². The fourth-order valence-electron chi connectivity index (χ4n) is 6.57. The number of benzene rings is 6. The van der Waals surface area contributed by atoms with E-state index < -0.39 is 5.41 Å².